The zero-order valence-electron chi connectivity index (χ0n) is 8.24. The predicted molar refractivity (Wildman–Crippen MR) is 50.4 cm³/mol. The first-order valence-corrected chi connectivity index (χ1v) is 4.54. The molecule has 2 heterocycles. The molecule has 3 nitrogen and oxygen atoms in total. The first kappa shape index (κ1) is 8.51. The van der Waals surface area contributed by atoms with Crippen LogP contribution >= 0.6 is 0 Å². The molecule has 0 saturated carbocycles. The number of fused-ring (bicyclic) bond motifs is 1. The van der Waals surface area contributed by atoms with Gasteiger partial charge in [0.25, 0.3) is 0 Å². The van der Waals surface area contributed by atoms with Gasteiger partial charge in [0.1, 0.15) is 5.69 Å². The van der Waals surface area contributed by atoms with Crippen LogP contribution in [0.2, 0.25) is 0 Å². The minimum absolute atomic E-state index is 0.507. The molecule has 0 saturated heterocycles. The molecule has 0 spiro atoms. The van der Waals surface area contributed by atoms with Crippen LogP contribution in [0.4, 0.5) is 0 Å². The molecular weight excluding hydrogens is 164 g/mol. The summed E-state index contributed by atoms with van der Waals surface area (Å²) < 4.78 is 0. The van der Waals surface area contributed by atoms with Crippen LogP contribution in [0, 0.1) is 0 Å². The molecule has 0 amide bonds. The van der Waals surface area contributed by atoms with Gasteiger partial charge in [0.05, 0.1) is 6.54 Å². The van der Waals surface area contributed by atoms with Crippen LogP contribution in [0.3, 0.4) is 0 Å². The second-order valence-electron chi connectivity index (χ2n) is 3.75. The van der Waals surface area contributed by atoms with Crippen LogP contribution in [0.25, 0.3) is 0 Å². The van der Waals surface area contributed by atoms with E-state index in [1.807, 2.05) is 13.2 Å². The van der Waals surface area contributed by atoms with E-state index in [2.05, 4.69) is 24.9 Å². The fourth-order valence-corrected chi connectivity index (χ4v) is 1.41. The van der Waals surface area contributed by atoms with Crippen molar-refractivity contribution in [2.24, 2.45) is 0 Å². The molecule has 13 heavy (non-hydrogen) atoms. The van der Waals surface area contributed by atoms with E-state index >= 15 is 0 Å². The molecule has 0 aliphatic carbocycles. The van der Waals surface area contributed by atoms with Crippen LogP contribution in [0.1, 0.15) is 31.0 Å². The average Bonchev–Trinajstić information content (AvgIpc) is 2.42. The number of rotatable bonds is 1. The Balaban J connectivity index is 2.35. The lowest BCUT2D eigenvalue weighted by Crippen LogP contribution is -2.13. The second-order valence-corrected chi connectivity index (χ2v) is 3.75. The van der Waals surface area contributed by atoms with Gasteiger partial charge in [0.2, 0.25) is 0 Å². The van der Waals surface area contributed by atoms with Crippen molar-refractivity contribution in [2.75, 3.05) is 7.05 Å². The van der Waals surface area contributed by atoms with Gasteiger partial charge in [-0.05, 0) is 17.5 Å². The SMILES string of the molecule is CC(C)c1cnc2c(c1)ON(C)C2. The van der Waals surface area contributed by atoms with Crippen molar-refractivity contribution >= 4 is 0 Å². The molecular formula is C10H14N2O. The van der Waals surface area contributed by atoms with Crippen molar-refractivity contribution < 1.29 is 4.84 Å². The van der Waals surface area contributed by atoms with Crippen LogP contribution in [-0.4, -0.2) is 17.1 Å². The first-order chi connectivity index (χ1) is 6.16. The van der Waals surface area contributed by atoms with Gasteiger partial charge < -0.3 is 4.84 Å². The molecule has 0 aromatic carbocycles. The van der Waals surface area contributed by atoms with Gasteiger partial charge in [-0.15, -0.1) is 5.06 Å². The van der Waals surface area contributed by atoms with Gasteiger partial charge in [-0.2, -0.15) is 0 Å². The third-order valence-electron chi connectivity index (χ3n) is 2.24. The van der Waals surface area contributed by atoms with E-state index in [1.54, 1.807) is 5.06 Å². The molecule has 1 aromatic rings. The summed E-state index contributed by atoms with van der Waals surface area (Å²) in [5.41, 5.74) is 2.26. The van der Waals surface area contributed by atoms with E-state index in [9.17, 15) is 0 Å². The van der Waals surface area contributed by atoms with E-state index in [-0.39, 0.29) is 0 Å². The largest absolute Gasteiger partial charge is 0.404 e. The smallest absolute Gasteiger partial charge is 0.170 e. The minimum atomic E-state index is 0.507. The topological polar surface area (TPSA) is 25.4 Å². The third-order valence-corrected chi connectivity index (χ3v) is 2.24. The van der Waals surface area contributed by atoms with Gasteiger partial charge >= 0.3 is 0 Å². The number of hydroxylamine groups is 2. The number of nitrogens with zero attached hydrogens (tertiary/aromatic N) is 2. The Hall–Kier alpha value is -1.09. The Labute approximate surface area is 78.3 Å². The molecule has 70 valence electrons. The lowest BCUT2D eigenvalue weighted by molar-refractivity contribution is -0.0139. The molecule has 0 N–H and O–H groups in total. The van der Waals surface area contributed by atoms with Crippen molar-refractivity contribution in [3.05, 3.63) is 23.5 Å². The summed E-state index contributed by atoms with van der Waals surface area (Å²) in [6.07, 6.45) is 1.94. The number of hydrogen-bond acceptors (Lipinski definition) is 3. The molecule has 2 rings (SSSR count). The van der Waals surface area contributed by atoms with Gasteiger partial charge in [-0.3, -0.25) is 4.98 Å². The monoisotopic (exact) mass is 178 g/mol. The normalized spacial score (nSPS) is 16.0. The molecule has 0 fully saturated rings. The number of aromatic nitrogens is 1. The highest BCUT2D eigenvalue weighted by Gasteiger charge is 2.19. The highest BCUT2D eigenvalue weighted by atomic mass is 16.7. The van der Waals surface area contributed by atoms with E-state index in [0.29, 0.717) is 5.92 Å². The predicted octanol–water partition coefficient (Wildman–Crippen LogP) is 1.94. The average molecular weight is 178 g/mol. The summed E-state index contributed by atoms with van der Waals surface area (Å²) in [7, 11) is 1.91. The van der Waals surface area contributed by atoms with Crippen molar-refractivity contribution in [3.63, 3.8) is 0 Å². The van der Waals surface area contributed by atoms with Crippen LogP contribution in [0.15, 0.2) is 12.3 Å². The van der Waals surface area contributed by atoms with Crippen LogP contribution in [0.5, 0.6) is 5.75 Å². The van der Waals surface area contributed by atoms with Gasteiger partial charge in [0, 0.05) is 13.2 Å². The molecule has 1 aromatic heterocycles. The fourth-order valence-electron chi connectivity index (χ4n) is 1.41. The molecule has 0 bridgehead atoms. The molecule has 1 aliphatic heterocycles. The Morgan fingerprint density at radius 1 is 1.54 bits per heavy atom. The van der Waals surface area contributed by atoms with Gasteiger partial charge in [-0.1, -0.05) is 13.8 Å². The highest BCUT2D eigenvalue weighted by molar-refractivity contribution is 5.34. The van der Waals surface area contributed by atoms with E-state index in [0.717, 1.165) is 18.0 Å². The number of pyridine rings is 1. The standard InChI is InChI=1S/C10H14N2O/c1-7(2)8-4-10-9(11-5-8)6-12(3)13-10/h4-5,7H,6H2,1-3H3. The molecule has 1 aliphatic rings. The first-order valence-electron chi connectivity index (χ1n) is 4.54. The zero-order valence-corrected chi connectivity index (χ0v) is 8.24. The Morgan fingerprint density at radius 3 is 3.00 bits per heavy atom. The lowest BCUT2D eigenvalue weighted by atomic mass is 10.1. The zero-order chi connectivity index (χ0) is 9.42. The quantitative estimate of drug-likeness (QED) is 0.657. The number of hydrogen-bond donors (Lipinski definition) is 0. The maximum Gasteiger partial charge on any atom is 0.170 e. The van der Waals surface area contributed by atoms with E-state index in [4.69, 9.17) is 4.84 Å². The maximum absolute atomic E-state index is 5.47. The Bertz CT molecular complexity index is 323. The van der Waals surface area contributed by atoms with Crippen LogP contribution < -0.4 is 4.84 Å². The van der Waals surface area contributed by atoms with Crippen molar-refractivity contribution in [1.29, 1.82) is 0 Å². The second kappa shape index (κ2) is 3.00. The maximum atomic E-state index is 5.47. The molecule has 3 heteroatoms. The summed E-state index contributed by atoms with van der Waals surface area (Å²) in [5.74, 6) is 1.42. The van der Waals surface area contributed by atoms with Gasteiger partial charge in [-0.25, -0.2) is 0 Å². The summed E-state index contributed by atoms with van der Waals surface area (Å²) >= 11 is 0. The Kier molecular flexibility index (Phi) is 1.96. The summed E-state index contributed by atoms with van der Waals surface area (Å²) in [6.45, 7) is 5.10. The summed E-state index contributed by atoms with van der Waals surface area (Å²) in [5, 5.41) is 1.79. The van der Waals surface area contributed by atoms with E-state index < -0.39 is 0 Å². The molecule has 0 radical (unpaired) electrons. The lowest BCUT2D eigenvalue weighted by Gasteiger charge is -2.07. The highest BCUT2D eigenvalue weighted by Crippen LogP contribution is 2.28. The summed E-state index contributed by atoms with van der Waals surface area (Å²) in [4.78, 5) is 9.83. The van der Waals surface area contributed by atoms with Crippen molar-refractivity contribution in [1.82, 2.24) is 10.0 Å². The molecule has 0 atom stereocenters. The fraction of sp³-hybridized carbons (Fsp3) is 0.500. The van der Waals surface area contributed by atoms with Crippen molar-refractivity contribution in [2.45, 2.75) is 26.3 Å². The third kappa shape index (κ3) is 1.52. The van der Waals surface area contributed by atoms with Gasteiger partial charge in [0.15, 0.2) is 5.75 Å². The van der Waals surface area contributed by atoms with Crippen molar-refractivity contribution in [3.8, 4) is 5.75 Å². The molecule has 0 unspecified atom stereocenters. The van der Waals surface area contributed by atoms with E-state index in [1.165, 1.54) is 5.56 Å². The van der Waals surface area contributed by atoms with Crippen LogP contribution in [-0.2, 0) is 6.54 Å². The Morgan fingerprint density at radius 2 is 2.31 bits per heavy atom. The summed E-state index contributed by atoms with van der Waals surface area (Å²) in [6, 6.07) is 2.08. The minimum Gasteiger partial charge on any atom is -0.404 e.